The van der Waals surface area contributed by atoms with E-state index in [1.54, 1.807) is 35.6 Å². The summed E-state index contributed by atoms with van der Waals surface area (Å²) < 4.78 is 29.8. The van der Waals surface area contributed by atoms with Crippen molar-refractivity contribution >= 4 is 49.0 Å². The molecule has 5 rings (SSSR count). The highest BCUT2D eigenvalue weighted by molar-refractivity contribution is 7.90. The number of carbonyl (C=O) groups excluding carboxylic acids is 1. The van der Waals surface area contributed by atoms with Gasteiger partial charge in [-0.2, -0.15) is 8.42 Å². The summed E-state index contributed by atoms with van der Waals surface area (Å²) in [5.41, 5.74) is 2.18. The lowest BCUT2D eigenvalue weighted by molar-refractivity contribution is -0.119. The first kappa shape index (κ1) is 18.3. The molecule has 1 aromatic heterocycles. The second-order valence-electron chi connectivity index (χ2n) is 7.14. The van der Waals surface area contributed by atoms with Crippen LogP contribution in [0.3, 0.4) is 0 Å². The summed E-state index contributed by atoms with van der Waals surface area (Å²) in [5.74, 6) is 0.208. The van der Waals surface area contributed by atoms with Crippen LogP contribution in [0.2, 0.25) is 0 Å². The van der Waals surface area contributed by atoms with E-state index < -0.39 is 16.1 Å². The summed E-state index contributed by atoms with van der Waals surface area (Å²) in [6, 6.07) is 12.0. The van der Waals surface area contributed by atoms with Crippen LogP contribution >= 0.6 is 11.3 Å². The SMILES string of the molecule is Cc1nc2ccc(NC(=O)[C@H]3CCCN3C3=NS(=O)(=O)c4ccccc43)cc2s1. The summed E-state index contributed by atoms with van der Waals surface area (Å²) in [7, 11) is -3.71. The van der Waals surface area contributed by atoms with E-state index in [0.29, 0.717) is 30.1 Å². The van der Waals surface area contributed by atoms with Crippen molar-refractivity contribution in [2.24, 2.45) is 4.40 Å². The summed E-state index contributed by atoms with van der Waals surface area (Å²) in [6.07, 6.45) is 1.45. The fraction of sp³-hybridized carbons (Fsp3) is 0.250. The number of rotatable bonds is 2. The van der Waals surface area contributed by atoms with Gasteiger partial charge in [-0.15, -0.1) is 15.7 Å². The van der Waals surface area contributed by atoms with Gasteiger partial charge in [-0.3, -0.25) is 4.79 Å². The van der Waals surface area contributed by atoms with Crippen molar-refractivity contribution in [3.05, 3.63) is 53.0 Å². The maximum absolute atomic E-state index is 13.0. The fourth-order valence-electron chi connectivity index (χ4n) is 3.93. The lowest BCUT2D eigenvalue weighted by Gasteiger charge is -2.25. The number of carbonyl (C=O) groups is 1. The van der Waals surface area contributed by atoms with Crippen LogP contribution in [0.15, 0.2) is 51.8 Å². The van der Waals surface area contributed by atoms with Crippen molar-refractivity contribution in [1.82, 2.24) is 9.88 Å². The highest BCUT2D eigenvalue weighted by atomic mass is 32.2. The third-order valence-electron chi connectivity index (χ3n) is 5.20. The van der Waals surface area contributed by atoms with Crippen LogP contribution in [-0.2, 0) is 14.8 Å². The van der Waals surface area contributed by atoms with Crippen molar-refractivity contribution in [1.29, 1.82) is 0 Å². The van der Waals surface area contributed by atoms with E-state index in [9.17, 15) is 13.2 Å². The molecular formula is C20H18N4O3S2. The molecule has 3 aromatic rings. The summed E-state index contributed by atoms with van der Waals surface area (Å²) in [5, 5.41) is 3.95. The van der Waals surface area contributed by atoms with Crippen molar-refractivity contribution in [2.45, 2.75) is 30.7 Å². The number of anilines is 1. The highest BCUT2D eigenvalue weighted by Gasteiger charge is 2.39. The quantitative estimate of drug-likeness (QED) is 0.680. The van der Waals surface area contributed by atoms with Crippen LogP contribution in [0.1, 0.15) is 23.4 Å². The van der Waals surface area contributed by atoms with Crippen molar-refractivity contribution < 1.29 is 13.2 Å². The number of aryl methyl sites for hydroxylation is 1. The average Bonchev–Trinajstić information content (AvgIpc) is 3.37. The minimum Gasteiger partial charge on any atom is -0.343 e. The number of thiazole rings is 1. The molecule has 1 amide bonds. The van der Waals surface area contributed by atoms with E-state index in [1.807, 2.05) is 30.0 Å². The van der Waals surface area contributed by atoms with Crippen molar-refractivity contribution in [3.63, 3.8) is 0 Å². The second-order valence-corrected chi connectivity index (χ2v) is 9.95. The van der Waals surface area contributed by atoms with Gasteiger partial charge in [0.15, 0.2) is 5.84 Å². The molecule has 1 saturated heterocycles. The van der Waals surface area contributed by atoms with Gasteiger partial charge in [-0.25, -0.2) is 4.98 Å². The van der Waals surface area contributed by atoms with E-state index in [1.165, 1.54) is 0 Å². The summed E-state index contributed by atoms with van der Waals surface area (Å²) in [6.45, 7) is 2.54. The molecule has 0 unspecified atom stereocenters. The van der Waals surface area contributed by atoms with Gasteiger partial charge in [0.05, 0.1) is 15.2 Å². The third-order valence-corrected chi connectivity index (χ3v) is 7.46. The van der Waals surface area contributed by atoms with Crippen LogP contribution in [0.5, 0.6) is 0 Å². The molecule has 9 heteroatoms. The third kappa shape index (κ3) is 3.10. The first-order valence-corrected chi connectivity index (χ1v) is 11.6. The Bertz CT molecular complexity index is 1280. The van der Waals surface area contributed by atoms with Crippen LogP contribution in [-0.4, -0.2) is 42.6 Å². The number of likely N-dealkylation sites (tertiary alicyclic amines) is 1. The number of sulfonamides is 1. The van der Waals surface area contributed by atoms with E-state index in [-0.39, 0.29) is 10.8 Å². The van der Waals surface area contributed by atoms with E-state index in [4.69, 9.17) is 0 Å². The van der Waals surface area contributed by atoms with Gasteiger partial charge in [0.2, 0.25) is 5.91 Å². The summed E-state index contributed by atoms with van der Waals surface area (Å²) in [4.78, 5) is 19.5. The Balaban J connectivity index is 1.43. The highest BCUT2D eigenvalue weighted by Crippen LogP contribution is 2.32. The number of aromatic nitrogens is 1. The number of hydrogen-bond donors (Lipinski definition) is 1. The number of amides is 1. The molecule has 148 valence electrons. The molecule has 2 aliphatic rings. The number of amidine groups is 1. The van der Waals surface area contributed by atoms with Gasteiger partial charge in [0.25, 0.3) is 10.0 Å². The van der Waals surface area contributed by atoms with Crippen LogP contribution < -0.4 is 5.32 Å². The maximum Gasteiger partial charge on any atom is 0.285 e. The smallest absolute Gasteiger partial charge is 0.285 e. The number of benzene rings is 2. The molecule has 0 aliphatic carbocycles. The Morgan fingerprint density at radius 1 is 1.24 bits per heavy atom. The fourth-order valence-corrected chi connectivity index (χ4v) is 6.02. The molecule has 1 atom stereocenters. The molecular weight excluding hydrogens is 408 g/mol. The molecule has 0 saturated carbocycles. The Labute approximate surface area is 172 Å². The molecule has 3 heterocycles. The molecule has 7 nitrogen and oxygen atoms in total. The molecule has 2 aromatic carbocycles. The van der Waals surface area contributed by atoms with Crippen molar-refractivity contribution in [3.8, 4) is 0 Å². The van der Waals surface area contributed by atoms with Crippen LogP contribution in [0.25, 0.3) is 10.2 Å². The molecule has 1 N–H and O–H groups in total. The molecule has 0 radical (unpaired) electrons. The maximum atomic E-state index is 13.0. The van der Waals surface area contributed by atoms with E-state index in [0.717, 1.165) is 21.6 Å². The zero-order chi connectivity index (χ0) is 20.2. The average molecular weight is 427 g/mol. The Kier molecular flexibility index (Phi) is 4.18. The van der Waals surface area contributed by atoms with Gasteiger partial charge in [-0.05, 0) is 50.1 Å². The number of hydrogen-bond acceptors (Lipinski definition) is 6. The van der Waals surface area contributed by atoms with Crippen LogP contribution in [0.4, 0.5) is 5.69 Å². The van der Waals surface area contributed by atoms with Gasteiger partial charge in [0, 0.05) is 17.8 Å². The van der Waals surface area contributed by atoms with Crippen molar-refractivity contribution in [2.75, 3.05) is 11.9 Å². The van der Waals surface area contributed by atoms with Gasteiger partial charge in [-0.1, -0.05) is 12.1 Å². The molecule has 2 aliphatic heterocycles. The van der Waals surface area contributed by atoms with E-state index in [2.05, 4.69) is 14.7 Å². The molecule has 0 bridgehead atoms. The standard InChI is InChI=1S/C20H18N4O3S2/c1-12-21-15-9-8-13(11-17(15)28-12)22-20(25)16-6-4-10-24(16)19-14-5-2-3-7-18(14)29(26,27)23-19/h2-3,5,7-9,11,16H,4,6,10H2,1H3,(H,22,25)/t16-/m1/s1. The normalized spacial score (nSPS) is 20.0. The van der Waals surface area contributed by atoms with Gasteiger partial charge in [0.1, 0.15) is 10.9 Å². The topological polar surface area (TPSA) is 91.7 Å². The lowest BCUT2D eigenvalue weighted by atomic mass is 10.1. The first-order valence-electron chi connectivity index (χ1n) is 9.31. The summed E-state index contributed by atoms with van der Waals surface area (Å²) >= 11 is 1.58. The molecule has 29 heavy (non-hydrogen) atoms. The largest absolute Gasteiger partial charge is 0.343 e. The minimum absolute atomic E-state index is 0.160. The monoisotopic (exact) mass is 426 g/mol. The second kappa shape index (κ2) is 6.64. The Hall–Kier alpha value is -2.78. The predicted molar refractivity (Wildman–Crippen MR) is 113 cm³/mol. The zero-order valence-corrected chi connectivity index (χ0v) is 17.3. The Morgan fingerprint density at radius 3 is 2.93 bits per heavy atom. The minimum atomic E-state index is -3.71. The molecule has 0 spiro atoms. The zero-order valence-electron chi connectivity index (χ0n) is 15.6. The molecule has 1 fully saturated rings. The first-order chi connectivity index (χ1) is 13.9. The number of nitrogens with zero attached hydrogens (tertiary/aromatic N) is 3. The lowest BCUT2D eigenvalue weighted by Crippen LogP contribution is -2.43. The number of fused-ring (bicyclic) bond motifs is 2. The number of nitrogens with one attached hydrogen (secondary N) is 1. The van der Waals surface area contributed by atoms with Gasteiger partial charge < -0.3 is 10.2 Å². The van der Waals surface area contributed by atoms with E-state index >= 15 is 0 Å². The Morgan fingerprint density at radius 2 is 2.07 bits per heavy atom. The van der Waals surface area contributed by atoms with Crippen LogP contribution in [0, 0.1) is 6.92 Å². The predicted octanol–water partition coefficient (Wildman–Crippen LogP) is 3.16. The van der Waals surface area contributed by atoms with Gasteiger partial charge >= 0.3 is 0 Å².